The fourth-order valence-electron chi connectivity index (χ4n) is 3.37. The van der Waals surface area contributed by atoms with Crippen molar-refractivity contribution in [2.24, 2.45) is 0 Å². The minimum atomic E-state index is -4.38. The molecule has 8 heteroatoms. The van der Waals surface area contributed by atoms with E-state index < -0.39 is 29.2 Å². The normalized spacial score (nSPS) is 12.7. The van der Waals surface area contributed by atoms with E-state index in [0.29, 0.717) is 22.6 Å². The molecule has 0 aliphatic carbocycles. The molecule has 0 radical (unpaired) electrons. The van der Waals surface area contributed by atoms with Gasteiger partial charge in [0.05, 0.1) is 11.5 Å². The summed E-state index contributed by atoms with van der Waals surface area (Å²) in [6, 6.07) is 16.9. The summed E-state index contributed by atoms with van der Waals surface area (Å²) in [4.78, 5) is 24.1. The Labute approximate surface area is 201 Å². The second-order valence-corrected chi connectivity index (χ2v) is 8.81. The van der Waals surface area contributed by atoms with E-state index in [9.17, 15) is 27.9 Å². The molecule has 0 saturated heterocycles. The fourth-order valence-corrected chi connectivity index (χ4v) is 3.37. The summed E-state index contributed by atoms with van der Waals surface area (Å²) >= 11 is 0. The van der Waals surface area contributed by atoms with Crippen LogP contribution in [0.5, 0.6) is 5.75 Å². The number of ether oxygens (including phenoxy) is 1. The van der Waals surface area contributed by atoms with Crippen LogP contribution < -0.4 is 10.1 Å². The lowest BCUT2D eigenvalue weighted by Gasteiger charge is -2.23. The number of carboxylic acids is 1. The van der Waals surface area contributed by atoms with E-state index in [0.717, 1.165) is 23.3 Å². The Balaban J connectivity index is 1.67. The molecule has 0 spiro atoms. The second-order valence-electron chi connectivity index (χ2n) is 8.81. The molecular formula is C27H26F3NO4. The molecule has 0 bridgehead atoms. The predicted molar refractivity (Wildman–Crippen MR) is 127 cm³/mol. The number of anilines is 1. The zero-order valence-corrected chi connectivity index (χ0v) is 19.7. The van der Waals surface area contributed by atoms with Gasteiger partial charge >= 0.3 is 12.1 Å². The zero-order valence-electron chi connectivity index (χ0n) is 19.7. The number of amides is 1. The molecule has 1 unspecified atom stereocenters. The summed E-state index contributed by atoms with van der Waals surface area (Å²) in [5, 5.41) is 12.1. The minimum absolute atomic E-state index is 0.244. The highest BCUT2D eigenvalue weighted by atomic mass is 19.4. The van der Waals surface area contributed by atoms with Gasteiger partial charge in [-0.25, -0.2) is 4.79 Å². The summed E-state index contributed by atoms with van der Waals surface area (Å²) in [6.07, 6.45) is -4.38. The zero-order chi connectivity index (χ0) is 26.0. The van der Waals surface area contributed by atoms with Gasteiger partial charge in [-0.15, -0.1) is 0 Å². The quantitative estimate of drug-likeness (QED) is 0.392. The highest BCUT2D eigenvalue weighted by molar-refractivity contribution is 5.95. The highest BCUT2D eigenvalue weighted by Gasteiger charge is 2.31. The number of nitrogens with one attached hydrogen (secondary N) is 1. The Morgan fingerprint density at radius 3 is 1.94 bits per heavy atom. The van der Waals surface area contributed by atoms with Crippen LogP contribution in [0, 0.1) is 6.92 Å². The van der Waals surface area contributed by atoms with Gasteiger partial charge in [-0.3, -0.25) is 4.79 Å². The van der Waals surface area contributed by atoms with Crippen molar-refractivity contribution < 1.29 is 32.6 Å². The van der Waals surface area contributed by atoms with Crippen molar-refractivity contribution in [3.8, 4) is 16.9 Å². The molecule has 3 rings (SSSR count). The number of hydrogen-bond donors (Lipinski definition) is 2. The molecule has 5 nitrogen and oxygen atoms in total. The van der Waals surface area contributed by atoms with Crippen molar-refractivity contribution >= 4 is 17.6 Å². The molecule has 0 aliphatic rings. The molecule has 0 aliphatic heterocycles. The topological polar surface area (TPSA) is 75.6 Å². The molecule has 0 heterocycles. The molecule has 0 aromatic heterocycles. The Kier molecular flexibility index (Phi) is 7.24. The van der Waals surface area contributed by atoms with Gasteiger partial charge in [0.2, 0.25) is 5.91 Å². The standard InChI is InChI=1S/C27H26F3NO4/c1-16-15-20(9-14-23(16)35-26(3,4)25(33)34)17(2)24(32)31-22-12-7-19(8-13-22)18-5-10-21(11-6-18)27(28,29)30/h5-15,17H,1-4H3,(H,31,32)(H,33,34). The van der Waals surface area contributed by atoms with Crippen LogP contribution in [0.4, 0.5) is 18.9 Å². The summed E-state index contributed by atoms with van der Waals surface area (Å²) < 4.78 is 43.9. The van der Waals surface area contributed by atoms with Crippen LogP contribution in [0.1, 0.15) is 43.4 Å². The average molecular weight is 486 g/mol. The number of halogens is 3. The van der Waals surface area contributed by atoms with Gasteiger partial charge in [0.15, 0.2) is 5.60 Å². The number of aliphatic carboxylic acids is 1. The van der Waals surface area contributed by atoms with Gasteiger partial charge in [-0.2, -0.15) is 13.2 Å². The van der Waals surface area contributed by atoms with E-state index in [2.05, 4.69) is 5.32 Å². The predicted octanol–water partition coefficient (Wildman–Crippen LogP) is 6.67. The number of aryl methyl sites for hydroxylation is 1. The lowest BCUT2D eigenvalue weighted by atomic mass is 9.97. The summed E-state index contributed by atoms with van der Waals surface area (Å²) in [5.41, 5.74) is 1.26. The molecule has 0 fully saturated rings. The Bertz CT molecular complexity index is 1220. The lowest BCUT2D eigenvalue weighted by Crippen LogP contribution is -2.38. The summed E-state index contributed by atoms with van der Waals surface area (Å²) in [6.45, 7) is 6.45. The fraction of sp³-hybridized carbons (Fsp3) is 0.259. The number of carboxylic acid groups (broad SMARTS) is 1. The van der Waals surface area contributed by atoms with Crippen LogP contribution in [0.2, 0.25) is 0 Å². The maximum absolute atomic E-state index is 12.8. The average Bonchev–Trinajstić information content (AvgIpc) is 2.79. The van der Waals surface area contributed by atoms with Gasteiger partial charge < -0.3 is 15.2 Å². The third-order valence-electron chi connectivity index (χ3n) is 5.67. The van der Waals surface area contributed by atoms with E-state index in [-0.39, 0.29) is 5.91 Å². The van der Waals surface area contributed by atoms with Gasteiger partial charge in [0.25, 0.3) is 0 Å². The first-order chi connectivity index (χ1) is 16.3. The third kappa shape index (κ3) is 6.20. The van der Waals surface area contributed by atoms with Gasteiger partial charge in [-0.05, 0) is 80.3 Å². The van der Waals surface area contributed by atoms with Gasteiger partial charge in [-0.1, -0.05) is 36.4 Å². The molecule has 3 aromatic rings. The van der Waals surface area contributed by atoms with Crippen molar-refractivity contribution in [2.75, 3.05) is 5.32 Å². The Morgan fingerprint density at radius 1 is 0.914 bits per heavy atom. The monoisotopic (exact) mass is 485 g/mol. The number of rotatable bonds is 7. The molecule has 0 saturated carbocycles. The van der Waals surface area contributed by atoms with Gasteiger partial charge in [0, 0.05) is 5.69 Å². The molecule has 1 atom stereocenters. The van der Waals surface area contributed by atoms with Gasteiger partial charge in [0.1, 0.15) is 5.75 Å². The van der Waals surface area contributed by atoms with E-state index in [1.54, 1.807) is 56.3 Å². The molecule has 184 valence electrons. The second kappa shape index (κ2) is 9.82. The Morgan fingerprint density at radius 2 is 1.46 bits per heavy atom. The molecule has 3 aromatic carbocycles. The number of hydrogen-bond acceptors (Lipinski definition) is 3. The van der Waals surface area contributed by atoms with Crippen LogP contribution in [0.15, 0.2) is 66.7 Å². The lowest BCUT2D eigenvalue weighted by molar-refractivity contribution is -0.152. The smallest absolute Gasteiger partial charge is 0.416 e. The van der Waals surface area contributed by atoms with Crippen LogP contribution in [0.3, 0.4) is 0 Å². The van der Waals surface area contributed by atoms with Crippen molar-refractivity contribution in [1.82, 2.24) is 0 Å². The van der Waals surface area contributed by atoms with E-state index in [1.165, 1.54) is 26.0 Å². The molecule has 35 heavy (non-hydrogen) atoms. The maximum atomic E-state index is 12.8. The van der Waals surface area contributed by atoms with E-state index >= 15 is 0 Å². The summed E-state index contributed by atoms with van der Waals surface area (Å²) in [7, 11) is 0. The number of alkyl halides is 3. The first-order valence-electron chi connectivity index (χ1n) is 10.9. The van der Waals surface area contributed by atoms with E-state index in [4.69, 9.17) is 4.74 Å². The van der Waals surface area contributed by atoms with Crippen LogP contribution >= 0.6 is 0 Å². The first-order valence-corrected chi connectivity index (χ1v) is 10.9. The summed E-state index contributed by atoms with van der Waals surface area (Å²) in [5.74, 6) is -1.40. The Hall–Kier alpha value is -3.81. The third-order valence-corrected chi connectivity index (χ3v) is 5.67. The van der Waals surface area contributed by atoms with Crippen molar-refractivity contribution in [1.29, 1.82) is 0 Å². The van der Waals surface area contributed by atoms with Crippen LogP contribution in [-0.4, -0.2) is 22.6 Å². The van der Waals surface area contributed by atoms with Crippen molar-refractivity contribution in [2.45, 2.75) is 45.4 Å². The van der Waals surface area contributed by atoms with Crippen LogP contribution in [0.25, 0.3) is 11.1 Å². The number of benzene rings is 3. The largest absolute Gasteiger partial charge is 0.478 e. The minimum Gasteiger partial charge on any atom is -0.478 e. The molecule has 1 amide bonds. The molecule has 2 N–H and O–H groups in total. The van der Waals surface area contributed by atoms with Crippen LogP contribution in [-0.2, 0) is 15.8 Å². The van der Waals surface area contributed by atoms with Crippen molar-refractivity contribution in [3.63, 3.8) is 0 Å². The van der Waals surface area contributed by atoms with E-state index in [1.807, 2.05) is 0 Å². The number of carbonyl (C=O) groups excluding carboxylic acids is 1. The number of carbonyl (C=O) groups is 2. The molecular weight excluding hydrogens is 459 g/mol. The maximum Gasteiger partial charge on any atom is 0.416 e. The highest BCUT2D eigenvalue weighted by Crippen LogP contribution is 2.32. The SMILES string of the molecule is Cc1cc(C(C)C(=O)Nc2ccc(-c3ccc(C(F)(F)F)cc3)cc2)ccc1OC(C)(C)C(=O)O. The first kappa shape index (κ1) is 25.8. The van der Waals surface area contributed by atoms with Crippen molar-refractivity contribution in [3.05, 3.63) is 83.4 Å².